The molecule has 6 heteroatoms. The molecule has 2 N–H and O–H groups in total. The van der Waals surface area contributed by atoms with Gasteiger partial charge in [0.15, 0.2) is 11.5 Å². The molecule has 3 saturated heterocycles. The standard InChI is InChI=1S/C18H22N2O4/c1-23-16-8-12-13(10-19-14(12)9-15(16)21)17(22)24-11-18-2-5-20(6-3-18)7-4-18/h8-10,19,21H,2-7,11H2,1H3. The maximum atomic E-state index is 12.6. The Balaban J connectivity index is 1.53. The van der Waals surface area contributed by atoms with Crippen molar-refractivity contribution in [2.45, 2.75) is 19.3 Å². The van der Waals surface area contributed by atoms with Crippen molar-refractivity contribution in [2.24, 2.45) is 5.41 Å². The van der Waals surface area contributed by atoms with E-state index >= 15 is 0 Å². The van der Waals surface area contributed by atoms with Crippen LogP contribution < -0.4 is 4.74 Å². The number of piperidine rings is 3. The molecular formula is C18H22N2O4. The zero-order chi connectivity index (χ0) is 16.7. The molecule has 24 heavy (non-hydrogen) atoms. The molecule has 128 valence electrons. The number of nitrogens with one attached hydrogen (secondary N) is 1. The summed E-state index contributed by atoms with van der Waals surface area (Å²) < 4.78 is 10.8. The number of aromatic amines is 1. The maximum absolute atomic E-state index is 12.6. The third-order valence-corrected chi connectivity index (χ3v) is 5.59. The number of rotatable bonds is 4. The lowest BCUT2D eigenvalue weighted by molar-refractivity contribution is -0.0304. The number of carbonyl (C=O) groups is 1. The van der Waals surface area contributed by atoms with Crippen LogP contribution in [-0.2, 0) is 4.74 Å². The number of ether oxygens (including phenoxy) is 2. The molecule has 0 spiro atoms. The summed E-state index contributed by atoms with van der Waals surface area (Å²) in [6, 6.07) is 3.22. The van der Waals surface area contributed by atoms with Crippen molar-refractivity contribution in [1.82, 2.24) is 9.88 Å². The van der Waals surface area contributed by atoms with E-state index in [1.807, 2.05) is 0 Å². The van der Waals surface area contributed by atoms with E-state index in [1.54, 1.807) is 18.3 Å². The highest BCUT2D eigenvalue weighted by Gasteiger charge is 2.40. The minimum absolute atomic E-state index is 0.0413. The summed E-state index contributed by atoms with van der Waals surface area (Å²) >= 11 is 0. The van der Waals surface area contributed by atoms with E-state index in [0.717, 1.165) is 38.9 Å². The van der Waals surface area contributed by atoms with Crippen LogP contribution in [0.5, 0.6) is 11.5 Å². The minimum Gasteiger partial charge on any atom is -0.504 e. The number of H-pyrrole nitrogens is 1. The van der Waals surface area contributed by atoms with Gasteiger partial charge >= 0.3 is 5.97 Å². The molecular weight excluding hydrogens is 308 g/mol. The van der Waals surface area contributed by atoms with E-state index in [4.69, 9.17) is 9.47 Å². The first-order valence-electron chi connectivity index (χ1n) is 8.38. The van der Waals surface area contributed by atoms with E-state index in [-0.39, 0.29) is 17.1 Å². The van der Waals surface area contributed by atoms with Crippen LogP contribution >= 0.6 is 0 Å². The van der Waals surface area contributed by atoms with Gasteiger partial charge in [-0.25, -0.2) is 4.79 Å². The number of aromatic nitrogens is 1. The van der Waals surface area contributed by atoms with Crippen LogP contribution in [0.2, 0.25) is 0 Å². The van der Waals surface area contributed by atoms with Crippen molar-refractivity contribution in [3.05, 3.63) is 23.9 Å². The van der Waals surface area contributed by atoms with Gasteiger partial charge in [0.1, 0.15) is 0 Å². The fourth-order valence-electron chi connectivity index (χ4n) is 3.88. The lowest BCUT2D eigenvalue weighted by Crippen LogP contribution is -2.50. The van der Waals surface area contributed by atoms with Gasteiger partial charge < -0.3 is 24.5 Å². The van der Waals surface area contributed by atoms with Gasteiger partial charge in [-0.05, 0) is 45.0 Å². The lowest BCUT2D eigenvalue weighted by atomic mass is 9.73. The zero-order valence-corrected chi connectivity index (χ0v) is 13.8. The van der Waals surface area contributed by atoms with Crippen molar-refractivity contribution < 1.29 is 19.4 Å². The minimum atomic E-state index is -0.323. The summed E-state index contributed by atoms with van der Waals surface area (Å²) in [5.41, 5.74) is 1.32. The van der Waals surface area contributed by atoms with Crippen LogP contribution in [0.3, 0.4) is 0 Å². The third-order valence-electron chi connectivity index (χ3n) is 5.59. The van der Waals surface area contributed by atoms with Gasteiger partial charge in [0.25, 0.3) is 0 Å². The number of aromatic hydroxyl groups is 1. The fourth-order valence-corrected chi connectivity index (χ4v) is 3.88. The highest BCUT2D eigenvalue weighted by atomic mass is 16.5. The second kappa shape index (κ2) is 5.70. The second-order valence-electron chi connectivity index (χ2n) is 6.94. The number of carbonyl (C=O) groups excluding carboxylic acids is 1. The number of hydrogen-bond donors (Lipinski definition) is 2. The Morgan fingerprint density at radius 1 is 1.29 bits per heavy atom. The Bertz CT molecular complexity index is 761. The molecule has 0 unspecified atom stereocenters. The normalized spacial score (nSPS) is 25.8. The highest BCUT2D eigenvalue weighted by molar-refractivity contribution is 6.04. The molecule has 2 aromatic rings. The Morgan fingerprint density at radius 3 is 2.67 bits per heavy atom. The van der Waals surface area contributed by atoms with Gasteiger partial charge in [0.05, 0.1) is 24.8 Å². The van der Waals surface area contributed by atoms with E-state index < -0.39 is 0 Å². The molecule has 1 aromatic carbocycles. The Labute approximate surface area is 140 Å². The average Bonchev–Trinajstić information content (AvgIpc) is 3.03. The predicted molar refractivity (Wildman–Crippen MR) is 89.5 cm³/mol. The van der Waals surface area contributed by atoms with Crippen LogP contribution in [-0.4, -0.2) is 54.3 Å². The van der Waals surface area contributed by atoms with Gasteiger partial charge in [-0.2, -0.15) is 0 Å². The van der Waals surface area contributed by atoms with E-state index in [0.29, 0.717) is 28.8 Å². The number of fused-ring (bicyclic) bond motifs is 4. The summed E-state index contributed by atoms with van der Waals surface area (Å²) in [5.74, 6) is 0.0605. The monoisotopic (exact) mass is 330 g/mol. The molecule has 3 aliphatic heterocycles. The Morgan fingerprint density at radius 2 is 2.00 bits per heavy atom. The number of hydrogen-bond acceptors (Lipinski definition) is 5. The first-order valence-corrected chi connectivity index (χ1v) is 8.38. The van der Waals surface area contributed by atoms with E-state index in [1.165, 1.54) is 7.11 Å². The number of benzene rings is 1. The van der Waals surface area contributed by atoms with Crippen LogP contribution in [0, 0.1) is 5.41 Å². The lowest BCUT2D eigenvalue weighted by Gasteiger charge is -2.47. The molecule has 1 aromatic heterocycles. The third kappa shape index (κ3) is 2.51. The highest BCUT2D eigenvalue weighted by Crippen LogP contribution is 2.40. The molecule has 4 heterocycles. The Hall–Kier alpha value is -2.21. The molecule has 3 fully saturated rings. The summed E-state index contributed by atoms with van der Waals surface area (Å²) in [6.45, 7) is 3.82. The average molecular weight is 330 g/mol. The van der Waals surface area contributed by atoms with Crippen molar-refractivity contribution >= 4 is 16.9 Å². The summed E-state index contributed by atoms with van der Waals surface area (Å²) in [7, 11) is 1.49. The number of esters is 1. The molecule has 0 atom stereocenters. The number of phenols is 1. The smallest absolute Gasteiger partial charge is 0.340 e. The second-order valence-corrected chi connectivity index (χ2v) is 6.94. The molecule has 2 bridgehead atoms. The topological polar surface area (TPSA) is 74.8 Å². The van der Waals surface area contributed by atoms with Crippen LogP contribution in [0.15, 0.2) is 18.3 Å². The van der Waals surface area contributed by atoms with E-state index in [9.17, 15) is 9.90 Å². The zero-order valence-electron chi connectivity index (χ0n) is 13.8. The van der Waals surface area contributed by atoms with Crippen molar-refractivity contribution in [1.29, 1.82) is 0 Å². The summed E-state index contributed by atoms with van der Waals surface area (Å²) in [5, 5.41) is 10.5. The largest absolute Gasteiger partial charge is 0.504 e. The van der Waals surface area contributed by atoms with Gasteiger partial charge in [0, 0.05) is 23.1 Å². The predicted octanol–water partition coefficient (Wildman–Crippen LogP) is 2.52. The Kier molecular flexibility index (Phi) is 3.64. The van der Waals surface area contributed by atoms with E-state index in [2.05, 4.69) is 9.88 Å². The SMILES string of the molecule is COc1cc2c(C(=O)OCC34CCN(CC3)CC4)c[nH]c2cc1O. The molecule has 0 saturated carbocycles. The summed E-state index contributed by atoms with van der Waals surface area (Å²) in [4.78, 5) is 18.0. The van der Waals surface area contributed by atoms with Crippen LogP contribution in [0.1, 0.15) is 29.6 Å². The summed E-state index contributed by atoms with van der Waals surface area (Å²) in [6.07, 6.45) is 4.95. The maximum Gasteiger partial charge on any atom is 0.340 e. The number of phenolic OH excluding ortho intramolecular Hbond substituents is 1. The molecule has 3 aliphatic rings. The molecule has 6 nitrogen and oxygen atoms in total. The van der Waals surface area contributed by atoms with Crippen molar-refractivity contribution in [2.75, 3.05) is 33.4 Å². The quantitative estimate of drug-likeness (QED) is 0.843. The van der Waals surface area contributed by atoms with Crippen LogP contribution in [0.4, 0.5) is 0 Å². The van der Waals surface area contributed by atoms with Crippen molar-refractivity contribution in [3.63, 3.8) is 0 Å². The molecule has 0 amide bonds. The number of nitrogens with zero attached hydrogens (tertiary/aromatic N) is 1. The van der Waals surface area contributed by atoms with Gasteiger partial charge in [-0.1, -0.05) is 0 Å². The first kappa shape index (κ1) is 15.3. The van der Waals surface area contributed by atoms with Crippen LogP contribution in [0.25, 0.3) is 10.9 Å². The molecule has 0 aliphatic carbocycles. The molecule has 0 radical (unpaired) electrons. The van der Waals surface area contributed by atoms with Gasteiger partial charge in [-0.15, -0.1) is 0 Å². The molecule has 5 rings (SSSR count). The van der Waals surface area contributed by atoms with Crippen molar-refractivity contribution in [3.8, 4) is 11.5 Å². The van der Waals surface area contributed by atoms with Gasteiger partial charge in [-0.3, -0.25) is 0 Å². The first-order chi connectivity index (χ1) is 11.6. The number of methoxy groups -OCH3 is 1. The van der Waals surface area contributed by atoms with Gasteiger partial charge in [0.2, 0.25) is 0 Å². The fraction of sp³-hybridized carbons (Fsp3) is 0.500.